The molecule has 1 atom stereocenters. The molecule has 0 saturated heterocycles. The highest BCUT2D eigenvalue weighted by molar-refractivity contribution is 5.85. The van der Waals surface area contributed by atoms with Crippen LogP contribution in [0.25, 0.3) is 0 Å². The van der Waals surface area contributed by atoms with Crippen molar-refractivity contribution >= 4 is 11.9 Å². The van der Waals surface area contributed by atoms with Gasteiger partial charge in [0.15, 0.2) is 5.82 Å². The van der Waals surface area contributed by atoms with Crippen molar-refractivity contribution in [2.75, 3.05) is 7.11 Å². The minimum atomic E-state index is -0.531. The Morgan fingerprint density at radius 1 is 1.43 bits per heavy atom. The van der Waals surface area contributed by atoms with Crippen LogP contribution in [0.2, 0.25) is 0 Å². The van der Waals surface area contributed by atoms with E-state index in [1.54, 1.807) is 0 Å². The van der Waals surface area contributed by atoms with Gasteiger partial charge in [-0.05, 0) is 18.8 Å². The van der Waals surface area contributed by atoms with Crippen molar-refractivity contribution in [3.8, 4) is 0 Å². The largest absolute Gasteiger partial charge is 0.467 e. The number of rotatable bonds is 7. The number of nitrogens with one attached hydrogen (secondary N) is 1. The van der Waals surface area contributed by atoms with Gasteiger partial charge in [0.05, 0.1) is 7.11 Å². The first-order valence-corrected chi connectivity index (χ1v) is 7.21. The second kappa shape index (κ2) is 6.69. The lowest BCUT2D eigenvalue weighted by Gasteiger charge is -2.15. The van der Waals surface area contributed by atoms with E-state index in [4.69, 9.17) is 9.26 Å². The molecule has 1 aliphatic rings. The number of methoxy groups -OCH3 is 1. The fourth-order valence-electron chi connectivity index (χ4n) is 2.00. The van der Waals surface area contributed by atoms with Gasteiger partial charge in [-0.3, -0.25) is 4.79 Å². The molecule has 1 saturated carbocycles. The summed E-state index contributed by atoms with van der Waals surface area (Å²) in [6.07, 6.45) is 2.47. The highest BCUT2D eigenvalue weighted by atomic mass is 16.5. The van der Waals surface area contributed by atoms with Gasteiger partial charge in [-0.1, -0.05) is 19.0 Å². The van der Waals surface area contributed by atoms with Crippen LogP contribution in [-0.4, -0.2) is 35.2 Å². The van der Waals surface area contributed by atoms with E-state index in [0.29, 0.717) is 18.1 Å². The Bertz CT molecular complexity index is 508. The molecule has 1 aliphatic carbocycles. The molecule has 1 aromatic heterocycles. The van der Waals surface area contributed by atoms with Gasteiger partial charge in [-0.15, -0.1) is 0 Å². The molecular formula is C14H21N3O4. The topological polar surface area (TPSA) is 94.3 Å². The molecule has 0 aromatic carbocycles. The van der Waals surface area contributed by atoms with Crippen molar-refractivity contribution in [1.82, 2.24) is 15.5 Å². The summed E-state index contributed by atoms with van der Waals surface area (Å²) in [7, 11) is 1.33. The smallest absolute Gasteiger partial charge is 0.328 e. The number of carbonyl (C=O) groups excluding carboxylic acids is 2. The van der Waals surface area contributed by atoms with Crippen molar-refractivity contribution in [1.29, 1.82) is 0 Å². The number of nitrogens with zero attached hydrogens (tertiary/aromatic N) is 2. The average Bonchev–Trinajstić information content (AvgIpc) is 3.18. The minimum absolute atomic E-state index is 0.190. The van der Waals surface area contributed by atoms with E-state index >= 15 is 0 Å². The summed E-state index contributed by atoms with van der Waals surface area (Å²) in [5, 5.41) is 6.57. The molecule has 0 spiro atoms. The summed E-state index contributed by atoms with van der Waals surface area (Å²) in [5.41, 5.74) is 0. The average molecular weight is 295 g/mol. The summed E-state index contributed by atoms with van der Waals surface area (Å²) in [5.74, 6) is 0.880. The van der Waals surface area contributed by atoms with Gasteiger partial charge in [0.25, 0.3) is 0 Å². The zero-order chi connectivity index (χ0) is 15.4. The van der Waals surface area contributed by atoms with Crippen LogP contribution in [0.5, 0.6) is 0 Å². The molecule has 116 valence electrons. The zero-order valence-electron chi connectivity index (χ0n) is 12.6. The first-order chi connectivity index (χ1) is 10.0. The number of aryl methyl sites for hydroxylation is 1. The van der Waals surface area contributed by atoms with Crippen LogP contribution in [0.3, 0.4) is 0 Å². The molecule has 0 aliphatic heterocycles. The van der Waals surface area contributed by atoms with Crippen molar-refractivity contribution in [2.24, 2.45) is 5.92 Å². The normalized spacial score (nSPS) is 15.8. The zero-order valence-corrected chi connectivity index (χ0v) is 12.6. The summed E-state index contributed by atoms with van der Waals surface area (Å²) in [4.78, 5) is 27.7. The Morgan fingerprint density at radius 2 is 2.14 bits per heavy atom. The number of carbonyl (C=O) groups is 2. The molecule has 7 heteroatoms. The Labute approximate surface area is 123 Å². The maximum atomic E-state index is 11.9. The van der Waals surface area contributed by atoms with Gasteiger partial charge in [0.1, 0.15) is 6.04 Å². The summed E-state index contributed by atoms with van der Waals surface area (Å²) in [6, 6.07) is -0.531. The molecule has 1 heterocycles. The molecule has 1 N–H and O–H groups in total. The van der Waals surface area contributed by atoms with Crippen molar-refractivity contribution < 1.29 is 18.8 Å². The maximum Gasteiger partial charge on any atom is 0.328 e. The van der Waals surface area contributed by atoms with Gasteiger partial charge < -0.3 is 14.6 Å². The molecule has 1 aromatic rings. The second-order valence-electron chi connectivity index (χ2n) is 5.61. The predicted molar refractivity (Wildman–Crippen MR) is 73.4 cm³/mol. The van der Waals surface area contributed by atoms with E-state index in [-0.39, 0.29) is 30.1 Å². The van der Waals surface area contributed by atoms with Crippen LogP contribution in [0, 0.1) is 5.92 Å². The monoisotopic (exact) mass is 295 g/mol. The molecule has 1 unspecified atom stereocenters. The number of amides is 1. The SMILES string of the molecule is COC(=O)C(NC(=O)CCc1nc(C(C)C)no1)C1CC1. The first kappa shape index (κ1) is 15.5. The van der Waals surface area contributed by atoms with E-state index in [9.17, 15) is 9.59 Å². The molecule has 21 heavy (non-hydrogen) atoms. The van der Waals surface area contributed by atoms with E-state index in [1.807, 2.05) is 13.8 Å². The van der Waals surface area contributed by atoms with E-state index in [0.717, 1.165) is 12.8 Å². The Hall–Kier alpha value is -1.92. The molecular weight excluding hydrogens is 274 g/mol. The summed E-state index contributed by atoms with van der Waals surface area (Å²) < 4.78 is 9.79. The van der Waals surface area contributed by atoms with Gasteiger partial charge >= 0.3 is 5.97 Å². The lowest BCUT2D eigenvalue weighted by Crippen LogP contribution is -2.43. The molecule has 1 amide bonds. The van der Waals surface area contributed by atoms with Crippen LogP contribution in [0.15, 0.2) is 4.52 Å². The number of hydrogen-bond acceptors (Lipinski definition) is 6. The van der Waals surface area contributed by atoms with E-state index < -0.39 is 6.04 Å². The molecule has 7 nitrogen and oxygen atoms in total. The number of ether oxygens (including phenoxy) is 1. The third kappa shape index (κ3) is 4.27. The van der Waals surface area contributed by atoms with Crippen LogP contribution in [0.4, 0.5) is 0 Å². The molecule has 0 radical (unpaired) electrons. The van der Waals surface area contributed by atoms with Crippen LogP contribution in [-0.2, 0) is 20.7 Å². The lowest BCUT2D eigenvalue weighted by atomic mass is 10.1. The van der Waals surface area contributed by atoms with Crippen molar-refractivity contribution in [3.63, 3.8) is 0 Å². The van der Waals surface area contributed by atoms with Crippen molar-refractivity contribution in [2.45, 2.75) is 51.5 Å². The third-order valence-electron chi connectivity index (χ3n) is 3.43. The lowest BCUT2D eigenvalue weighted by molar-refractivity contribution is -0.145. The van der Waals surface area contributed by atoms with Gasteiger partial charge in [-0.2, -0.15) is 4.98 Å². The number of aromatic nitrogens is 2. The minimum Gasteiger partial charge on any atom is -0.467 e. The summed E-state index contributed by atoms with van der Waals surface area (Å²) >= 11 is 0. The van der Waals surface area contributed by atoms with Crippen molar-refractivity contribution in [3.05, 3.63) is 11.7 Å². The highest BCUT2D eigenvalue weighted by Crippen LogP contribution is 2.33. The Morgan fingerprint density at radius 3 is 2.67 bits per heavy atom. The van der Waals surface area contributed by atoms with E-state index in [2.05, 4.69) is 15.5 Å². The molecule has 1 fully saturated rings. The Balaban J connectivity index is 1.81. The number of esters is 1. The first-order valence-electron chi connectivity index (χ1n) is 7.21. The van der Waals surface area contributed by atoms with Crippen LogP contribution in [0.1, 0.15) is 50.7 Å². The fraction of sp³-hybridized carbons (Fsp3) is 0.714. The second-order valence-corrected chi connectivity index (χ2v) is 5.61. The molecule has 2 rings (SSSR count). The van der Waals surface area contributed by atoms with Crippen LogP contribution < -0.4 is 5.32 Å². The number of hydrogen-bond donors (Lipinski definition) is 1. The highest BCUT2D eigenvalue weighted by Gasteiger charge is 2.37. The summed E-state index contributed by atoms with van der Waals surface area (Å²) in [6.45, 7) is 3.94. The Kier molecular flexibility index (Phi) is 4.93. The van der Waals surface area contributed by atoms with E-state index in [1.165, 1.54) is 7.11 Å². The third-order valence-corrected chi connectivity index (χ3v) is 3.43. The quantitative estimate of drug-likeness (QED) is 0.759. The van der Waals surface area contributed by atoms with Gasteiger partial charge in [0.2, 0.25) is 11.8 Å². The van der Waals surface area contributed by atoms with Crippen LogP contribution >= 0.6 is 0 Å². The van der Waals surface area contributed by atoms with Gasteiger partial charge in [-0.25, -0.2) is 4.79 Å². The predicted octanol–water partition coefficient (Wildman–Crippen LogP) is 1.19. The standard InChI is InChI=1S/C14H21N3O4/c1-8(2)13-16-11(21-17-13)7-6-10(18)15-12(9-4-5-9)14(19)20-3/h8-9,12H,4-7H2,1-3H3,(H,15,18). The maximum absolute atomic E-state index is 11.9. The fourth-order valence-corrected chi connectivity index (χ4v) is 2.00. The van der Waals surface area contributed by atoms with Gasteiger partial charge in [0, 0.05) is 18.8 Å². The molecule has 0 bridgehead atoms.